The predicted molar refractivity (Wildman–Crippen MR) is 74.1 cm³/mol. The summed E-state index contributed by atoms with van der Waals surface area (Å²) in [5, 5.41) is 0. The quantitative estimate of drug-likeness (QED) is 0.891. The van der Waals surface area contributed by atoms with Gasteiger partial charge in [-0.1, -0.05) is 19.3 Å². The zero-order valence-corrected chi connectivity index (χ0v) is 12.2. The molecule has 2 rings (SSSR count). The maximum Gasteiger partial charge on any atom is 0.241 e. The van der Waals surface area contributed by atoms with E-state index >= 15 is 0 Å². The van der Waals surface area contributed by atoms with Gasteiger partial charge in [-0.15, -0.1) is 11.3 Å². The van der Waals surface area contributed by atoms with Gasteiger partial charge in [0.15, 0.2) is 0 Å². The molecule has 102 valence electrons. The van der Waals surface area contributed by atoms with Gasteiger partial charge in [0, 0.05) is 22.3 Å². The molecular weight excluding hydrogens is 268 g/mol. The van der Waals surface area contributed by atoms with Gasteiger partial charge in [0.2, 0.25) is 10.0 Å². The van der Waals surface area contributed by atoms with E-state index in [0.29, 0.717) is 11.4 Å². The maximum absolute atomic E-state index is 12.3. The summed E-state index contributed by atoms with van der Waals surface area (Å²) in [6, 6.07) is 1.80. The molecular formula is C12H20N2O2S2. The number of nitrogens with one attached hydrogen (secondary N) is 1. The molecule has 1 aromatic heterocycles. The molecule has 3 N–H and O–H groups in total. The van der Waals surface area contributed by atoms with Gasteiger partial charge < -0.3 is 5.73 Å². The van der Waals surface area contributed by atoms with E-state index in [-0.39, 0.29) is 6.04 Å². The van der Waals surface area contributed by atoms with E-state index in [1.807, 2.05) is 6.92 Å². The van der Waals surface area contributed by atoms with E-state index in [4.69, 9.17) is 5.73 Å². The number of aryl methyl sites for hydroxylation is 1. The molecule has 0 atom stereocenters. The highest BCUT2D eigenvalue weighted by atomic mass is 32.2. The summed E-state index contributed by atoms with van der Waals surface area (Å²) in [7, 11) is -3.37. The van der Waals surface area contributed by atoms with Crippen molar-refractivity contribution in [1.82, 2.24) is 4.72 Å². The molecule has 18 heavy (non-hydrogen) atoms. The second-order valence-corrected chi connectivity index (χ2v) is 7.82. The number of rotatable bonds is 4. The van der Waals surface area contributed by atoms with Crippen molar-refractivity contribution in [2.75, 3.05) is 0 Å². The Morgan fingerprint density at radius 3 is 2.61 bits per heavy atom. The summed E-state index contributed by atoms with van der Waals surface area (Å²) in [6.45, 7) is 2.23. The standard InChI is InChI=1S/C12H20N2O2S2/c1-9-12(7-11(8-13)17-9)18(15,16)14-10-5-3-2-4-6-10/h7,10,14H,2-6,8,13H2,1H3. The van der Waals surface area contributed by atoms with E-state index in [9.17, 15) is 8.42 Å². The Morgan fingerprint density at radius 2 is 2.06 bits per heavy atom. The monoisotopic (exact) mass is 288 g/mol. The smallest absolute Gasteiger partial charge is 0.241 e. The molecule has 1 aliphatic rings. The van der Waals surface area contributed by atoms with Gasteiger partial charge in [-0.2, -0.15) is 0 Å². The molecule has 4 nitrogen and oxygen atoms in total. The molecule has 0 unspecified atom stereocenters. The van der Waals surface area contributed by atoms with E-state index in [1.54, 1.807) is 6.07 Å². The molecule has 0 aromatic carbocycles. The lowest BCUT2D eigenvalue weighted by molar-refractivity contribution is 0.412. The topological polar surface area (TPSA) is 72.2 Å². The Hall–Kier alpha value is -0.430. The maximum atomic E-state index is 12.3. The van der Waals surface area contributed by atoms with Crippen LogP contribution in [0.1, 0.15) is 41.9 Å². The number of nitrogens with two attached hydrogens (primary N) is 1. The van der Waals surface area contributed by atoms with Crippen LogP contribution >= 0.6 is 11.3 Å². The first-order chi connectivity index (χ1) is 8.53. The van der Waals surface area contributed by atoms with Crippen molar-refractivity contribution in [3.63, 3.8) is 0 Å². The van der Waals surface area contributed by atoms with Gasteiger partial charge in [-0.25, -0.2) is 13.1 Å². The molecule has 6 heteroatoms. The fourth-order valence-electron chi connectivity index (χ4n) is 2.39. The molecule has 0 saturated heterocycles. The molecule has 1 aromatic rings. The Kier molecular flexibility index (Phi) is 4.42. The van der Waals surface area contributed by atoms with Crippen LogP contribution in [0, 0.1) is 6.92 Å². The van der Waals surface area contributed by atoms with Gasteiger partial charge in [-0.3, -0.25) is 0 Å². The Labute approximate surface area is 113 Å². The van der Waals surface area contributed by atoms with Crippen molar-refractivity contribution in [3.05, 3.63) is 15.8 Å². The fourth-order valence-corrected chi connectivity index (χ4v) is 5.21. The van der Waals surface area contributed by atoms with Crippen LogP contribution in [0.5, 0.6) is 0 Å². The minimum absolute atomic E-state index is 0.101. The zero-order valence-electron chi connectivity index (χ0n) is 10.6. The van der Waals surface area contributed by atoms with E-state index in [0.717, 1.165) is 35.4 Å². The molecule has 1 aliphatic carbocycles. The van der Waals surface area contributed by atoms with Gasteiger partial charge in [0.25, 0.3) is 0 Å². The van der Waals surface area contributed by atoms with Crippen LogP contribution in [-0.4, -0.2) is 14.5 Å². The highest BCUT2D eigenvalue weighted by Crippen LogP contribution is 2.27. The van der Waals surface area contributed by atoms with Crippen LogP contribution in [0.2, 0.25) is 0 Å². The molecule has 0 radical (unpaired) electrons. The minimum Gasteiger partial charge on any atom is -0.326 e. The average Bonchev–Trinajstić information content (AvgIpc) is 2.72. The first kappa shape index (κ1) is 14.0. The van der Waals surface area contributed by atoms with Crippen molar-refractivity contribution in [2.24, 2.45) is 5.73 Å². The lowest BCUT2D eigenvalue weighted by Gasteiger charge is -2.22. The number of thiophene rings is 1. The molecule has 0 amide bonds. The minimum atomic E-state index is -3.37. The van der Waals surface area contributed by atoms with Crippen molar-refractivity contribution in [3.8, 4) is 0 Å². The van der Waals surface area contributed by atoms with E-state index < -0.39 is 10.0 Å². The molecule has 1 saturated carbocycles. The van der Waals surface area contributed by atoms with Crippen LogP contribution < -0.4 is 10.5 Å². The van der Waals surface area contributed by atoms with Crippen LogP contribution in [-0.2, 0) is 16.6 Å². The number of sulfonamides is 1. The first-order valence-corrected chi connectivity index (χ1v) is 8.64. The lowest BCUT2D eigenvalue weighted by atomic mass is 9.96. The third-order valence-corrected chi connectivity index (χ3v) is 6.19. The van der Waals surface area contributed by atoms with Gasteiger partial charge >= 0.3 is 0 Å². The molecule has 1 heterocycles. The van der Waals surface area contributed by atoms with Crippen LogP contribution in [0.25, 0.3) is 0 Å². The second kappa shape index (κ2) is 5.69. The average molecular weight is 288 g/mol. The summed E-state index contributed by atoms with van der Waals surface area (Å²) in [4.78, 5) is 2.13. The highest BCUT2D eigenvalue weighted by molar-refractivity contribution is 7.89. The predicted octanol–water partition coefficient (Wildman–Crippen LogP) is 2.13. The SMILES string of the molecule is Cc1sc(CN)cc1S(=O)(=O)NC1CCCCC1. The van der Waals surface area contributed by atoms with Crippen molar-refractivity contribution < 1.29 is 8.42 Å². The third kappa shape index (κ3) is 3.12. The third-order valence-electron chi connectivity index (χ3n) is 3.34. The van der Waals surface area contributed by atoms with Crippen molar-refractivity contribution >= 4 is 21.4 Å². The lowest BCUT2D eigenvalue weighted by Crippen LogP contribution is -2.36. The molecule has 0 spiro atoms. The Bertz CT molecular complexity index is 502. The molecule has 1 fully saturated rings. The summed E-state index contributed by atoms with van der Waals surface area (Å²) >= 11 is 1.46. The summed E-state index contributed by atoms with van der Waals surface area (Å²) in [6.07, 6.45) is 5.35. The van der Waals surface area contributed by atoms with Gasteiger partial charge in [0.05, 0.1) is 4.90 Å². The Balaban J connectivity index is 2.16. The molecule has 0 aliphatic heterocycles. The number of hydrogen-bond donors (Lipinski definition) is 2. The van der Waals surface area contributed by atoms with Crippen LogP contribution in [0.3, 0.4) is 0 Å². The number of hydrogen-bond acceptors (Lipinski definition) is 4. The van der Waals surface area contributed by atoms with Gasteiger partial charge in [0.1, 0.15) is 0 Å². The van der Waals surface area contributed by atoms with E-state index in [2.05, 4.69) is 4.72 Å². The summed E-state index contributed by atoms with van der Waals surface area (Å²) in [5.74, 6) is 0. The first-order valence-electron chi connectivity index (χ1n) is 6.34. The van der Waals surface area contributed by atoms with Crippen molar-refractivity contribution in [2.45, 2.75) is 56.5 Å². The largest absolute Gasteiger partial charge is 0.326 e. The summed E-state index contributed by atoms with van der Waals surface area (Å²) in [5.41, 5.74) is 5.55. The van der Waals surface area contributed by atoms with E-state index in [1.165, 1.54) is 17.8 Å². The highest BCUT2D eigenvalue weighted by Gasteiger charge is 2.24. The van der Waals surface area contributed by atoms with Gasteiger partial charge in [-0.05, 0) is 25.8 Å². The normalized spacial score (nSPS) is 18.1. The van der Waals surface area contributed by atoms with Crippen LogP contribution in [0.15, 0.2) is 11.0 Å². The fraction of sp³-hybridized carbons (Fsp3) is 0.667. The second-order valence-electron chi connectivity index (χ2n) is 4.79. The summed E-state index contributed by atoms with van der Waals surface area (Å²) < 4.78 is 27.4. The molecule has 0 bridgehead atoms. The van der Waals surface area contributed by atoms with Crippen LogP contribution in [0.4, 0.5) is 0 Å². The Morgan fingerprint density at radius 1 is 1.39 bits per heavy atom. The zero-order chi connectivity index (χ0) is 13.2. The van der Waals surface area contributed by atoms with Crippen molar-refractivity contribution in [1.29, 1.82) is 0 Å².